The molecule has 1 amide bonds. The van der Waals surface area contributed by atoms with Gasteiger partial charge in [0.1, 0.15) is 5.92 Å². The summed E-state index contributed by atoms with van der Waals surface area (Å²) in [4.78, 5) is 30.9. The van der Waals surface area contributed by atoms with Crippen LogP contribution in [0, 0.1) is 16.0 Å². The van der Waals surface area contributed by atoms with Crippen LogP contribution >= 0.6 is 23.2 Å². The fourth-order valence-corrected chi connectivity index (χ4v) is 4.76. The SMILES string of the molecule is CC1=Nc2ccnn2C(c2ccc(Cl)c(Cl)c2)C1C(=O)N1CCc2ccc([N+](=O)[O-])cc21. The van der Waals surface area contributed by atoms with Crippen molar-refractivity contribution in [3.05, 3.63) is 79.9 Å². The molecule has 2 aliphatic rings. The van der Waals surface area contributed by atoms with E-state index in [1.54, 1.807) is 40.0 Å². The number of nitrogens with zero attached hydrogens (tertiary/aromatic N) is 5. The molecule has 0 spiro atoms. The first kappa shape index (κ1) is 20.7. The van der Waals surface area contributed by atoms with Gasteiger partial charge in [0.25, 0.3) is 5.69 Å². The molecule has 3 heterocycles. The lowest BCUT2D eigenvalue weighted by Crippen LogP contribution is -2.44. The van der Waals surface area contributed by atoms with E-state index >= 15 is 0 Å². The van der Waals surface area contributed by atoms with Crippen molar-refractivity contribution in [2.24, 2.45) is 10.9 Å². The molecule has 0 aliphatic carbocycles. The maximum absolute atomic E-state index is 13.9. The van der Waals surface area contributed by atoms with E-state index in [1.807, 2.05) is 13.0 Å². The van der Waals surface area contributed by atoms with E-state index in [-0.39, 0.29) is 11.6 Å². The smallest absolute Gasteiger partial charge is 0.271 e. The molecule has 0 bridgehead atoms. The second kappa shape index (κ2) is 7.72. The molecule has 2 aromatic carbocycles. The maximum atomic E-state index is 13.9. The first-order valence-electron chi connectivity index (χ1n) is 9.97. The minimum atomic E-state index is -0.662. The van der Waals surface area contributed by atoms with Gasteiger partial charge in [-0.1, -0.05) is 35.3 Å². The third-order valence-electron chi connectivity index (χ3n) is 5.96. The Morgan fingerprint density at radius 2 is 1.97 bits per heavy atom. The fraction of sp³-hybridized carbons (Fsp3) is 0.227. The van der Waals surface area contributed by atoms with E-state index in [0.717, 1.165) is 11.1 Å². The van der Waals surface area contributed by atoms with Crippen LogP contribution in [0.2, 0.25) is 10.0 Å². The van der Waals surface area contributed by atoms with Crippen LogP contribution in [0.4, 0.5) is 17.2 Å². The Hall–Kier alpha value is -3.23. The molecule has 0 N–H and O–H groups in total. The van der Waals surface area contributed by atoms with E-state index in [0.29, 0.717) is 40.2 Å². The molecule has 8 nitrogen and oxygen atoms in total. The molecule has 3 aromatic rings. The van der Waals surface area contributed by atoms with E-state index in [1.165, 1.54) is 12.1 Å². The second-order valence-electron chi connectivity index (χ2n) is 7.79. The summed E-state index contributed by atoms with van der Waals surface area (Å²) in [5.74, 6) is -0.215. The molecule has 162 valence electrons. The lowest BCUT2D eigenvalue weighted by Gasteiger charge is -2.34. The molecule has 1 aromatic heterocycles. The van der Waals surface area contributed by atoms with Gasteiger partial charge in [0, 0.05) is 30.5 Å². The monoisotopic (exact) mass is 469 g/mol. The highest BCUT2D eigenvalue weighted by atomic mass is 35.5. The molecule has 5 rings (SSSR count). The van der Waals surface area contributed by atoms with Crippen LogP contribution in [-0.4, -0.2) is 32.9 Å². The Balaban J connectivity index is 1.60. The van der Waals surface area contributed by atoms with Gasteiger partial charge in [0.05, 0.1) is 32.9 Å². The molecule has 2 atom stereocenters. The Morgan fingerprint density at radius 1 is 1.16 bits per heavy atom. The first-order chi connectivity index (χ1) is 15.3. The van der Waals surface area contributed by atoms with Gasteiger partial charge < -0.3 is 4.90 Å². The number of benzene rings is 2. The van der Waals surface area contributed by atoms with Crippen molar-refractivity contribution < 1.29 is 9.72 Å². The van der Waals surface area contributed by atoms with E-state index < -0.39 is 16.9 Å². The summed E-state index contributed by atoms with van der Waals surface area (Å²) in [6.45, 7) is 2.26. The average molecular weight is 470 g/mol. The van der Waals surface area contributed by atoms with Gasteiger partial charge in [0.2, 0.25) is 5.91 Å². The number of hydrogen-bond donors (Lipinski definition) is 0. The van der Waals surface area contributed by atoms with Crippen LogP contribution in [0.5, 0.6) is 0 Å². The number of fused-ring (bicyclic) bond motifs is 2. The minimum absolute atomic E-state index is 0.0483. The van der Waals surface area contributed by atoms with Crippen molar-refractivity contribution in [3.8, 4) is 0 Å². The predicted molar refractivity (Wildman–Crippen MR) is 122 cm³/mol. The van der Waals surface area contributed by atoms with Gasteiger partial charge in [0.15, 0.2) is 5.82 Å². The summed E-state index contributed by atoms with van der Waals surface area (Å²) in [7, 11) is 0. The quantitative estimate of drug-likeness (QED) is 0.398. The number of carbonyl (C=O) groups excluding carboxylic acids is 1. The molecule has 32 heavy (non-hydrogen) atoms. The van der Waals surface area contributed by atoms with Gasteiger partial charge in [-0.25, -0.2) is 9.67 Å². The molecule has 10 heteroatoms. The van der Waals surface area contributed by atoms with Gasteiger partial charge in [-0.3, -0.25) is 14.9 Å². The van der Waals surface area contributed by atoms with E-state index in [9.17, 15) is 14.9 Å². The van der Waals surface area contributed by atoms with Crippen molar-refractivity contribution in [2.75, 3.05) is 11.4 Å². The number of halogens is 2. The van der Waals surface area contributed by atoms with E-state index in [2.05, 4.69) is 10.1 Å². The van der Waals surface area contributed by atoms with Crippen LogP contribution in [0.15, 0.2) is 53.7 Å². The average Bonchev–Trinajstić information content (AvgIpc) is 3.40. The molecule has 0 fully saturated rings. The summed E-state index contributed by atoms with van der Waals surface area (Å²) in [6.07, 6.45) is 2.27. The number of aromatic nitrogens is 2. The molecular weight excluding hydrogens is 453 g/mol. The first-order valence-corrected chi connectivity index (χ1v) is 10.7. The van der Waals surface area contributed by atoms with Crippen LogP contribution < -0.4 is 4.90 Å². The van der Waals surface area contributed by atoms with Crippen molar-refractivity contribution >= 4 is 52.0 Å². The second-order valence-corrected chi connectivity index (χ2v) is 8.61. The lowest BCUT2D eigenvalue weighted by atomic mass is 9.87. The van der Waals surface area contributed by atoms with Crippen LogP contribution in [0.25, 0.3) is 0 Å². The maximum Gasteiger partial charge on any atom is 0.271 e. The third-order valence-corrected chi connectivity index (χ3v) is 6.70. The predicted octanol–water partition coefficient (Wildman–Crippen LogP) is 5.00. The zero-order chi connectivity index (χ0) is 22.6. The summed E-state index contributed by atoms with van der Waals surface area (Å²) in [6, 6.07) is 11.2. The minimum Gasteiger partial charge on any atom is -0.311 e. The normalized spacial score (nSPS) is 19.3. The highest BCUT2D eigenvalue weighted by molar-refractivity contribution is 6.42. The number of carbonyl (C=O) groups is 1. The van der Waals surface area contributed by atoms with Crippen LogP contribution in [0.3, 0.4) is 0 Å². The standard InChI is InChI=1S/C22H17Cl2N5O3/c1-12-20(22(30)27-9-7-13-2-4-15(29(31)32)11-18(13)27)21(28-19(26-12)6-8-25-28)14-3-5-16(23)17(24)10-14/h2-6,8,10-11,20-21H,7,9H2,1H3. The zero-order valence-corrected chi connectivity index (χ0v) is 18.4. The third kappa shape index (κ3) is 3.27. The molecule has 2 unspecified atom stereocenters. The molecule has 0 saturated heterocycles. The summed E-state index contributed by atoms with van der Waals surface area (Å²) >= 11 is 12.4. The number of aliphatic imine (C=N–C) groups is 1. The van der Waals surface area contributed by atoms with Crippen molar-refractivity contribution in [3.63, 3.8) is 0 Å². The summed E-state index contributed by atoms with van der Waals surface area (Å²) in [5.41, 5.74) is 2.83. The number of nitro benzene ring substituents is 1. The van der Waals surface area contributed by atoms with Gasteiger partial charge in [-0.15, -0.1) is 0 Å². The van der Waals surface area contributed by atoms with Crippen molar-refractivity contribution in [2.45, 2.75) is 19.4 Å². The number of amides is 1. The van der Waals surface area contributed by atoms with Crippen LogP contribution in [0.1, 0.15) is 24.1 Å². The molecular formula is C22H17Cl2N5O3. The number of hydrogen-bond acceptors (Lipinski definition) is 5. The summed E-state index contributed by atoms with van der Waals surface area (Å²) < 4.78 is 1.71. The molecule has 0 radical (unpaired) electrons. The number of nitro groups is 1. The molecule has 2 aliphatic heterocycles. The Bertz CT molecular complexity index is 1300. The fourth-order valence-electron chi connectivity index (χ4n) is 4.45. The largest absolute Gasteiger partial charge is 0.311 e. The number of anilines is 1. The van der Waals surface area contributed by atoms with Crippen LogP contribution in [-0.2, 0) is 11.2 Å². The highest BCUT2D eigenvalue weighted by Gasteiger charge is 2.42. The Labute approximate surface area is 193 Å². The zero-order valence-electron chi connectivity index (χ0n) is 16.9. The number of rotatable bonds is 3. The Morgan fingerprint density at radius 3 is 2.72 bits per heavy atom. The van der Waals surface area contributed by atoms with Crippen molar-refractivity contribution in [1.29, 1.82) is 0 Å². The summed E-state index contributed by atoms with van der Waals surface area (Å²) in [5, 5.41) is 16.5. The van der Waals surface area contributed by atoms with Gasteiger partial charge in [-0.05, 0) is 36.6 Å². The highest BCUT2D eigenvalue weighted by Crippen LogP contribution is 2.41. The lowest BCUT2D eigenvalue weighted by molar-refractivity contribution is -0.384. The van der Waals surface area contributed by atoms with E-state index in [4.69, 9.17) is 23.2 Å². The van der Waals surface area contributed by atoms with Crippen molar-refractivity contribution in [1.82, 2.24) is 9.78 Å². The number of non-ortho nitro benzene ring substituents is 1. The molecule has 0 saturated carbocycles. The van der Waals surface area contributed by atoms with Gasteiger partial charge in [-0.2, -0.15) is 5.10 Å². The van der Waals surface area contributed by atoms with Gasteiger partial charge >= 0.3 is 0 Å². The topological polar surface area (TPSA) is 93.6 Å². The Kier molecular flexibility index (Phi) is 4.98.